The second-order valence-electron chi connectivity index (χ2n) is 4.34. The summed E-state index contributed by atoms with van der Waals surface area (Å²) in [4.78, 5) is 16.8. The summed E-state index contributed by atoms with van der Waals surface area (Å²) in [6, 6.07) is 3.46. The van der Waals surface area contributed by atoms with Crippen molar-refractivity contribution < 1.29 is 9.90 Å². The van der Waals surface area contributed by atoms with Crippen molar-refractivity contribution in [2.24, 2.45) is 5.92 Å². The highest BCUT2D eigenvalue weighted by molar-refractivity contribution is 5.86. The number of rotatable bonds is 3. The molecule has 0 unspecified atom stereocenters. The summed E-state index contributed by atoms with van der Waals surface area (Å²) in [6.07, 6.45) is 3.55. The average Bonchev–Trinajstić information content (AvgIpc) is 2.39. The first-order chi connectivity index (χ1) is 8.20. The number of piperidine rings is 1. The van der Waals surface area contributed by atoms with Gasteiger partial charge in [-0.2, -0.15) is 0 Å². The fraction of sp³-hybridized carbons (Fsp3) is 0.500. The zero-order chi connectivity index (χ0) is 12.3. The van der Waals surface area contributed by atoms with Crippen LogP contribution in [0, 0.1) is 5.92 Å². The highest BCUT2D eigenvalue weighted by Crippen LogP contribution is 2.22. The van der Waals surface area contributed by atoms with Gasteiger partial charge in [-0.05, 0) is 30.9 Å². The minimum Gasteiger partial charge on any atom is -0.477 e. The van der Waals surface area contributed by atoms with Crippen LogP contribution in [0.3, 0.4) is 0 Å². The predicted molar refractivity (Wildman–Crippen MR) is 64.1 cm³/mol. The molecule has 1 aromatic rings. The fourth-order valence-electron chi connectivity index (χ4n) is 2.13. The molecule has 0 bridgehead atoms. The Morgan fingerprint density at radius 2 is 2.24 bits per heavy atom. The van der Waals surface area contributed by atoms with Gasteiger partial charge < -0.3 is 10.0 Å². The molecular weight excluding hydrogens is 218 g/mol. The van der Waals surface area contributed by atoms with Gasteiger partial charge in [-0.3, -0.25) is 5.73 Å². The number of pyridine rings is 1. The van der Waals surface area contributed by atoms with Crippen molar-refractivity contribution in [3.05, 3.63) is 24.0 Å². The molecule has 0 spiro atoms. The number of carbonyl (C=O) groups is 1. The number of aromatic carboxylic acids is 1. The molecule has 5 heteroatoms. The van der Waals surface area contributed by atoms with Crippen molar-refractivity contribution in [1.82, 2.24) is 10.7 Å². The summed E-state index contributed by atoms with van der Waals surface area (Å²) < 4.78 is 0. The van der Waals surface area contributed by atoms with E-state index in [2.05, 4.69) is 9.88 Å². The van der Waals surface area contributed by atoms with E-state index in [4.69, 9.17) is 10.8 Å². The minimum atomic E-state index is -0.993. The van der Waals surface area contributed by atoms with E-state index in [0.29, 0.717) is 12.5 Å². The lowest BCUT2D eigenvalue weighted by molar-refractivity contribution is 0.0690. The maximum absolute atomic E-state index is 10.8. The highest BCUT2D eigenvalue weighted by atomic mass is 16.4. The second-order valence-corrected chi connectivity index (χ2v) is 4.34. The third-order valence-electron chi connectivity index (χ3n) is 3.23. The van der Waals surface area contributed by atoms with E-state index in [1.165, 1.54) is 6.20 Å². The van der Waals surface area contributed by atoms with Gasteiger partial charge in [-0.1, -0.05) is 0 Å². The van der Waals surface area contributed by atoms with Crippen molar-refractivity contribution in [3.63, 3.8) is 0 Å². The first kappa shape index (κ1) is 11.9. The number of anilines is 1. The smallest absolute Gasteiger partial charge is 0.354 e. The van der Waals surface area contributed by atoms with Crippen molar-refractivity contribution in [2.75, 3.05) is 24.5 Å². The largest absolute Gasteiger partial charge is 0.477 e. The van der Waals surface area contributed by atoms with E-state index >= 15 is 0 Å². The number of nitrogens with one attached hydrogen (secondary N) is 1. The molecule has 1 aliphatic rings. The van der Waals surface area contributed by atoms with E-state index in [1.54, 1.807) is 6.07 Å². The molecule has 1 saturated heterocycles. The van der Waals surface area contributed by atoms with E-state index in [9.17, 15) is 4.79 Å². The lowest BCUT2D eigenvalue weighted by Crippen LogP contribution is -2.35. The standard InChI is InChI=1S/C12H16N3O2/c13-8-9-2-5-15(6-3-9)10-1-4-14-11(7-10)12(16)17/h1,4,7,9,13H,2-3,5-6,8H2,(H,16,17). The summed E-state index contributed by atoms with van der Waals surface area (Å²) >= 11 is 0. The average molecular weight is 234 g/mol. The van der Waals surface area contributed by atoms with Gasteiger partial charge in [-0.25, -0.2) is 9.78 Å². The molecule has 1 radical (unpaired) electrons. The third kappa shape index (κ3) is 2.74. The number of hydrogen-bond donors (Lipinski definition) is 1. The van der Waals surface area contributed by atoms with E-state index < -0.39 is 5.97 Å². The van der Waals surface area contributed by atoms with Crippen LogP contribution in [0.15, 0.2) is 18.3 Å². The second kappa shape index (κ2) is 5.14. The molecule has 0 aliphatic carbocycles. The molecule has 0 atom stereocenters. The quantitative estimate of drug-likeness (QED) is 0.854. The fourth-order valence-corrected chi connectivity index (χ4v) is 2.13. The van der Waals surface area contributed by atoms with Gasteiger partial charge in [0, 0.05) is 31.5 Å². The Labute approximate surface area is 100 Å². The lowest BCUT2D eigenvalue weighted by Gasteiger charge is -2.32. The van der Waals surface area contributed by atoms with Gasteiger partial charge in [0.2, 0.25) is 0 Å². The molecule has 0 aromatic carbocycles. The number of hydrogen-bond acceptors (Lipinski definition) is 3. The van der Waals surface area contributed by atoms with Gasteiger partial charge in [0.15, 0.2) is 0 Å². The topological polar surface area (TPSA) is 77.2 Å². The van der Waals surface area contributed by atoms with E-state index in [-0.39, 0.29) is 5.69 Å². The number of carboxylic acids is 1. The summed E-state index contributed by atoms with van der Waals surface area (Å²) in [7, 11) is 0. The summed E-state index contributed by atoms with van der Waals surface area (Å²) in [5, 5.41) is 8.88. The van der Waals surface area contributed by atoms with Gasteiger partial charge in [0.25, 0.3) is 0 Å². The van der Waals surface area contributed by atoms with Gasteiger partial charge in [0.05, 0.1) is 0 Å². The molecule has 0 amide bonds. The van der Waals surface area contributed by atoms with Crippen LogP contribution in [0.2, 0.25) is 0 Å². The lowest BCUT2D eigenvalue weighted by atomic mass is 9.97. The van der Waals surface area contributed by atoms with Crippen LogP contribution < -0.4 is 10.6 Å². The van der Waals surface area contributed by atoms with E-state index in [1.807, 2.05) is 6.07 Å². The van der Waals surface area contributed by atoms with Crippen molar-refractivity contribution in [1.29, 1.82) is 0 Å². The number of carboxylic acid groups (broad SMARTS) is 1. The van der Waals surface area contributed by atoms with Crippen LogP contribution >= 0.6 is 0 Å². The molecule has 17 heavy (non-hydrogen) atoms. The molecule has 1 aromatic heterocycles. The SMILES string of the molecule is [NH]CC1CCN(c2ccnc(C(=O)O)c2)CC1. The molecule has 1 aliphatic heterocycles. The Morgan fingerprint density at radius 3 is 2.82 bits per heavy atom. The highest BCUT2D eigenvalue weighted by Gasteiger charge is 2.19. The minimum absolute atomic E-state index is 0.0881. The van der Waals surface area contributed by atoms with Crippen molar-refractivity contribution >= 4 is 11.7 Å². The van der Waals surface area contributed by atoms with Crippen LogP contribution in [0.5, 0.6) is 0 Å². The molecule has 5 nitrogen and oxygen atoms in total. The zero-order valence-corrected chi connectivity index (χ0v) is 9.59. The Balaban J connectivity index is 2.08. The van der Waals surface area contributed by atoms with Crippen molar-refractivity contribution in [3.8, 4) is 0 Å². The first-order valence-corrected chi connectivity index (χ1v) is 5.79. The van der Waals surface area contributed by atoms with Crippen molar-refractivity contribution in [2.45, 2.75) is 12.8 Å². The van der Waals surface area contributed by atoms with Crippen LogP contribution in [-0.2, 0) is 0 Å². The van der Waals surface area contributed by atoms with Crippen LogP contribution in [0.25, 0.3) is 0 Å². The Morgan fingerprint density at radius 1 is 1.53 bits per heavy atom. The molecule has 2 N–H and O–H groups in total. The van der Waals surface area contributed by atoms with E-state index in [0.717, 1.165) is 31.6 Å². The third-order valence-corrected chi connectivity index (χ3v) is 3.23. The number of nitrogens with zero attached hydrogens (tertiary/aromatic N) is 2. The van der Waals surface area contributed by atoms with Crippen LogP contribution in [0.1, 0.15) is 23.3 Å². The Kier molecular flexibility index (Phi) is 3.58. The van der Waals surface area contributed by atoms with Gasteiger partial charge in [0.1, 0.15) is 5.69 Å². The first-order valence-electron chi connectivity index (χ1n) is 5.79. The van der Waals surface area contributed by atoms with Gasteiger partial charge >= 0.3 is 5.97 Å². The zero-order valence-electron chi connectivity index (χ0n) is 9.59. The maximum atomic E-state index is 10.8. The van der Waals surface area contributed by atoms with Crippen LogP contribution in [-0.4, -0.2) is 35.7 Å². The Hall–Kier alpha value is -1.62. The molecule has 0 saturated carbocycles. The molecule has 2 heterocycles. The summed E-state index contributed by atoms with van der Waals surface area (Å²) in [5.41, 5.74) is 8.36. The van der Waals surface area contributed by atoms with Gasteiger partial charge in [-0.15, -0.1) is 0 Å². The summed E-state index contributed by atoms with van der Waals surface area (Å²) in [6.45, 7) is 2.28. The molecule has 91 valence electrons. The monoisotopic (exact) mass is 234 g/mol. The maximum Gasteiger partial charge on any atom is 0.354 e. The molecule has 2 rings (SSSR count). The molecular formula is C12H16N3O2. The number of aromatic nitrogens is 1. The molecule has 1 fully saturated rings. The van der Waals surface area contributed by atoms with Crippen LogP contribution in [0.4, 0.5) is 5.69 Å². The Bertz CT molecular complexity index is 400. The predicted octanol–water partition coefficient (Wildman–Crippen LogP) is 1.28. The normalized spacial score (nSPS) is 17.1. The summed E-state index contributed by atoms with van der Waals surface area (Å²) in [5.74, 6) is -0.500.